The minimum absolute atomic E-state index is 0.0188. The molecule has 0 radical (unpaired) electrons. The first kappa shape index (κ1) is 35.6. The standard InChI is InChI=1S/C33H55NO5SSi/c1-21-14-13-15-22(2)30(36)24(4)31(37)33(9,10)28(39-41(11,12)32(6,7)8)19-29(35)38-27(17-16-21)23(3)18-26-20-40-25(5)34-26/h16,18,20,22,24,27-28,30,36H,13-15,17,19H2,1-12H3/b21-16-,23-18+/t22-,24-,27+,28+,30+/m1/s1. The highest BCUT2D eigenvalue weighted by molar-refractivity contribution is 7.09. The lowest BCUT2D eigenvalue weighted by atomic mass is 9.73. The molecular formula is C33H55NO5SSi. The Morgan fingerprint density at radius 2 is 1.85 bits per heavy atom. The highest BCUT2D eigenvalue weighted by Crippen LogP contribution is 2.42. The van der Waals surface area contributed by atoms with E-state index in [-0.39, 0.29) is 29.1 Å². The van der Waals surface area contributed by atoms with E-state index < -0.39 is 38.0 Å². The second kappa shape index (κ2) is 14.2. The van der Waals surface area contributed by atoms with Crippen molar-refractivity contribution in [2.24, 2.45) is 17.3 Å². The van der Waals surface area contributed by atoms with Crippen LogP contribution in [-0.4, -0.2) is 48.5 Å². The molecule has 41 heavy (non-hydrogen) atoms. The number of esters is 1. The van der Waals surface area contributed by atoms with Gasteiger partial charge in [-0.1, -0.05) is 60.1 Å². The van der Waals surface area contributed by atoms with E-state index in [9.17, 15) is 14.7 Å². The SMILES string of the molecule is C/C1=C/C[C@@H](/C(C)=C/c2csc(C)n2)OC(=O)C[C@H](O[Si](C)(C)C(C)(C)C)C(C)(C)C(=O)[C@H](C)[C@@H](O)[C@H](C)CCC1. The lowest BCUT2D eigenvalue weighted by Gasteiger charge is -2.44. The number of Topliss-reactive ketones (excluding diaryl/α,β-unsaturated/α-hetero) is 1. The van der Waals surface area contributed by atoms with Crippen LogP contribution < -0.4 is 0 Å². The molecule has 0 saturated heterocycles. The van der Waals surface area contributed by atoms with Gasteiger partial charge in [-0.3, -0.25) is 9.59 Å². The Bertz CT molecular complexity index is 1110. The third-order valence-corrected chi connectivity index (χ3v) is 14.5. The first-order chi connectivity index (χ1) is 18.8. The molecule has 5 atom stereocenters. The highest BCUT2D eigenvalue weighted by Gasteiger charge is 2.48. The van der Waals surface area contributed by atoms with E-state index >= 15 is 0 Å². The lowest BCUT2D eigenvalue weighted by molar-refractivity contribution is -0.153. The summed E-state index contributed by atoms with van der Waals surface area (Å²) in [5.41, 5.74) is 2.01. The summed E-state index contributed by atoms with van der Waals surface area (Å²) in [7, 11) is -2.36. The van der Waals surface area contributed by atoms with E-state index in [0.717, 1.165) is 35.5 Å². The summed E-state index contributed by atoms with van der Waals surface area (Å²) in [6.45, 7) is 24.3. The second-order valence-corrected chi connectivity index (χ2v) is 20.1. The van der Waals surface area contributed by atoms with Gasteiger partial charge in [0.25, 0.3) is 0 Å². The Balaban J connectivity index is 2.53. The number of aromatic nitrogens is 1. The number of aryl methyl sites for hydroxylation is 1. The van der Waals surface area contributed by atoms with Gasteiger partial charge in [-0.15, -0.1) is 11.3 Å². The summed E-state index contributed by atoms with van der Waals surface area (Å²) < 4.78 is 13.0. The summed E-state index contributed by atoms with van der Waals surface area (Å²) in [6, 6.07) is 0. The molecule has 0 aliphatic carbocycles. The summed E-state index contributed by atoms with van der Waals surface area (Å²) in [6.07, 6.45) is 5.44. The number of ether oxygens (including phenoxy) is 1. The normalized spacial score (nSPS) is 29.5. The van der Waals surface area contributed by atoms with Gasteiger partial charge in [0.05, 0.1) is 29.3 Å². The third kappa shape index (κ3) is 9.70. The second-order valence-electron chi connectivity index (χ2n) is 14.3. The maximum Gasteiger partial charge on any atom is 0.309 e. The van der Waals surface area contributed by atoms with Crippen LogP contribution in [0.5, 0.6) is 0 Å². The largest absolute Gasteiger partial charge is 0.457 e. The number of ketones is 1. The summed E-state index contributed by atoms with van der Waals surface area (Å²) in [5, 5.41) is 14.1. The summed E-state index contributed by atoms with van der Waals surface area (Å²) >= 11 is 1.59. The molecule has 8 heteroatoms. The van der Waals surface area contributed by atoms with Crippen LogP contribution in [0.15, 0.2) is 22.6 Å². The molecule has 6 nitrogen and oxygen atoms in total. The molecule has 232 valence electrons. The molecule has 1 aromatic heterocycles. The number of nitrogens with zero attached hydrogens (tertiary/aromatic N) is 1. The minimum Gasteiger partial charge on any atom is -0.457 e. The molecular weight excluding hydrogens is 551 g/mol. The topological polar surface area (TPSA) is 85.7 Å². The summed E-state index contributed by atoms with van der Waals surface area (Å²) in [4.78, 5) is 32.2. The van der Waals surface area contributed by atoms with Gasteiger partial charge in [-0.05, 0) is 75.7 Å². The molecule has 0 bridgehead atoms. The van der Waals surface area contributed by atoms with Crippen molar-refractivity contribution in [1.29, 1.82) is 0 Å². The molecule has 2 heterocycles. The smallest absolute Gasteiger partial charge is 0.309 e. The number of aliphatic hydroxyl groups is 1. The monoisotopic (exact) mass is 605 g/mol. The molecule has 0 amide bonds. The third-order valence-electron chi connectivity index (χ3n) is 9.25. The Hall–Kier alpha value is -1.61. The average molecular weight is 606 g/mol. The number of hydrogen-bond donors (Lipinski definition) is 1. The first-order valence-corrected chi connectivity index (χ1v) is 18.9. The Morgan fingerprint density at radius 1 is 1.22 bits per heavy atom. The van der Waals surface area contributed by atoms with Gasteiger partial charge in [0, 0.05) is 23.1 Å². The van der Waals surface area contributed by atoms with Crippen LogP contribution in [0, 0.1) is 24.2 Å². The van der Waals surface area contributed by atoms with Crippen LogP contribution in [0.25, 0.3) is 6.08 Å². The molecule has 0 aromatic carbocycles. The van der Waals surface area contributed by atoms with Gasteiger partial charge in [-0.25, -0.2) is 4.98 Å². The minimum atomic E-state index is -2.36. The van der Waals surface area contributed by atoms with Crippen LogP contribution >= 0.6 is 11.3 Å². The van der Waals surface area contributed by atoms with Crippen molar-refractivity contribution >= 4 is 37.5 Å². The fourth-order valence-corrected chi connectivity index (χ4v) is 7.12. The zero-order chi connectivity index (χ0) is 31.3. The van der Waals surface area contributed by atoms with E-state index in [2.05, 4.69) is 51.8 Å². The van der Waals surface area contributed by atoms with E-state index in [1.807, 2.05) is 53.0 Å². The van der Waals surface area contributed by atoms with Crippen LogP contribution in [0.2, 0.25) is 18.1 Å². The van der Waals surface area contributed by atoms with Crippen molar-refractivity contribution in [3.8, 4) is 0 Å². The Labute approximate surface area is 254 Å². The molecule has 0 saturated carbocycles. The van der Waals surface area contributed by atoms with E-state index in [4.69, 9.17) is 9.16 Å². The van der Waals surface area contributed by atoms with Crippen LogP contribution in [0.4, 0.5) is 0 Å². The van der Waals surface area contributed by atoms with Crippen molar-refractivity contribution < 1.29 is 23.9 Å². The van der Waals surface area contributed by atoms with Gasteiger partial charge < -0.3 is 14.3 Å². The Kier molecular flexibility index (Phi) is 12.4. The van der Waals surface area contributed by atoms with E-state index in [0.29, 0.717) is 6.42 Å². The van der Waals surface area contributed by atoms with Crippen molar-refractivity contribution in [2.45, 2.75) is 138 Å². The predicted octanol–water partition coefficient (Wildman–Crippen LogP) is 8.30. The number of allylic oxidation sites excluding steroid dienone is 1. The van der Waals surface area contributed by atoms with E-state index in [1.165, 1.54) is 5.57 Å². The Morgan fingerprint density at radius 3 is 2.41 bits per heavy atom. The van der Waals surface area contributed by atoms with Gasteiger partial charge >= 0.3 is 5.97 Å². The summed E-state index contributed by atoms with van der Waals surface area (Å²) in [5.74, 6) is -1.06. The molecule has 1 N–H and O–H groups in total. The molecule has 0 spiro atoms. The van der Waals surface area contributed by atoms with Gasteiger partial charge in [0.1, 0.15) is 11.9 Å². The molecule has 0 fully saturated rings. The number of aliphatic hydroxyl groups excluding tert-OH is 1. The van der Waals surface area contributed by atoms with Crippen molar-refractivity contribution in [3.05, 3.63) is 33.3 Å². The highest BCUT2D eigenvalue weighted by atomic mass is 32.1. The number of carbonyl (C=O) groups is 2. The first-order valence-electron chi connectivity index (χ1n) is 15.1. The zero-order valence-electron chi connectivity index (χ0n) is 27.6. The predicted molar refractivity (Wildman–Crippen MR) is 172 cm³/mol. The molecule has 0 unspecified atom stereocenters. The number of hydrogen-bond acceptors (Lipinski definition) is 7. The molecule has 1 aliphatic heterocycles. The maximum atomic E-state index is 14.0. The van der Waals surface area contributed by atoms with Crippen molar-refractivity contribution in [1.82, 2.24) is 4.98 Å². The van der Waals surface area contributed by atoms with E-state index in [1.54, 1.807) is 11.3 Å². The quantitative estimate of drug-likeness (QED) is 0.211. The number of cyclic esters (lactones) is 1. The van der Waals surface area contributed by atoms with Gasteiger partial charge in [-0.2, -0.15) is 0 Å². The zero-order valence-corrected chi connectivity index (χ0v) is 29.4. The molecule has 2 rings (SSSR count). The van der Waals surface area contributed by atoms with Crippen LogP contribution in [-0.2, 0) is 18.8 Å². The van der Waals surface area contributed by atoms with Crippen molar-refractivity contribution in [3.63, 3.8) is 0 Å². The molecule has 1 aliphatic rings. The number of thiazole rings is 1. The van der Waals surface area contributed by atoms with Crippen LogP contribution in [0.3, 0.4) is 0 Å². The number of carbonyl (C=O) groups excluding carboxylic acids is 2. The average Bonchev–Trinajstić information content (AvgIpc) is 3.27. The van der Waals surface area contributed by atoms with Gasteiger partial charge in [0.2, 0.25) is 0 Å². The molecule has 1 aromatic rings. The lowest BCUT2D eigenvalue weighted by Crippen LogP contribution is -2.52. The van der Waals surface area contributed by atoms with Crippen molar-refractivity contribution in [2.75, 3.05) is 0 Å². The maximum absolute atomic E-state index is 14.0. The fourth-order valence-electron chi connectivity index (χ4n) is 5.11. The van der Waals surface area contributed by atoms with Gasteiger partial charge in [0.15, 0.2) is 8.32 Å². The fraction of sp³-hybridized carbons (Fsp3) is 0.727. The van der Waals surface area contributed by atoms with Crippen LogP contribution in [0.1, 0.15) is 105 Å². The number of rotatable bonds is 4.